The number of ether oxygens (including phenoxy) is 3. The SMILES string of the molecule is C=COC(C)OC(=C)OCC. The van der Waals surface area contributed by atoms with Gasteiger partial charge in [-0.15, -0.1) is 0 Å². The Hall–Kier alpha value is -1.12. The second-order valence-corrected chi connectivity index (χ2v) is 1.79. The highest BCUT2D eigenvalue weighted by atomic mass is 16.7. The Kier molecular flexibility index (Phi) is 5.07. The Labute approximate surface area is 67.3 Å². The van der Waals surface area contributed by atoms with Gasteiger partial charge < -0.3 is 14.2 Å². The second kappa shape index (κ2) is 5.65. The highest BCUT2D eigenvalue weighted by Crippen LogP contribution is 2.02. The zero-order valence-electron chi connectivity index (χ0n) is 7.00. The summed E-state index contributed by atoms with van der Waals surface area (Å²) in [5, 5.41) is 0. The van der Waals surface area contributed by atoms with Crippen LogP contribution in [0.25, 0.3) is 0 Å². The molecule has 11 heavy (non-hydrogen) atoms. The van der Waals surface area contributed by atoms with Crippen molar-refractivity contribution in [3.63, 3.8) is 0 Å². The fraction of sp³-hybridized carbons (Fsp3) is 0.500. The number of hydrogen-bond donors (Lipinski definition) is 0. The average molecular weight is 158 g/mol. The molecule has 0 fully saturated rings. The van der Waals surface area contributed by atoms with Crippen molar-refractivity contribution in [2.24, 2.45) is 0 Å². The molecule has 0 N–H and O–H groups in total. The lowest BCUT2D eigenvalue weighted by Gasteiger charge is -2.14. The molecular formula is C8H14O3. The molecule has 1 unspecified atom stereocenters. The van der Waals surface area contributed by atoms with Crippen LogP contribution in [-0.2, 0) is 14.2 Å². The molecule has 3 nitrogen and oxygen atoms in total. The van der Waals surface area contributed by atoms with Gasteiger partial charge in [0.15, 0.2) is 0 Å². The lowest BCUT2D eigenvalue weighted by Crippen LogP contribution is -2.10. The van der Waals surface area contributed by atoms with Gasteiger partial charge in [0, 0.05) is 6.92 Å². The molecular weight excluding hydrogens is 144 g/mol. The van der Waals surface area contributed by atoms with E-state index in [9.17, 15) is 0 Å². The molecule has 0 aliphatic rings. The monoisotopic (exact) mass is 158 g/mol. The van der Waals surface area contributed by atoms with E-state index in [2.05, 4.69) is 13.2 Å². The Balaban J connectivity index is 3.48. The summed E-state index contributed by atoms with van der Waals surface area (Å²) in [4.78, 5) is 0. The smallest absolute Gasteiger partial charge is 0.274 e. The van der Waals surface area contributed by atoms with E-state index >= 15 is 0 Å². The third-order valence-electron chi connectivity index (χ3n) is 0.891. The van der Waals surface area contributed by atoms with Gasteiger partial charge in [-0.05, 0) is 13.5 Å². The molecule has 0 aromatic rings. The molecule has 0 aromatic heterocycles. The molecule has 0 heterocycles. The molecule has 1 atom stereocenters. The molecule has 0 saturated heterocycles. The molecule has 0 aliphatic carbocycles. The first-order valence-corrected chi connectivity index (χ1v) is 3.45. The fourth-order valence-corrected chi connectivity index (χ4v) is 0.543. The maximum atomic E-state index is 5.02. The first-order valence-electron chi connectivity index (χ1n) is 3.45. The Morgan fingerprint density at radius 1 is 1.64 bits per heavy atom. The minimum Gasteiger partial charge on any atom is -0.466 e. The van der Waals surface area contributed by atoms with E-state index in [1.54, 1.807) is 6.92 Å². The molecule has 0 bridgehead atoms. The van der Waals surface area contributed by atoms with Gasteiger partial charge in [0.05, 0.1) is 12.9 Å². The minimum atomic E-state index is -0.397. The van der Waals surface area contributed by atoms with E-state index in [4.69, 9.17) is 14.2 Å². The first-order chi connectivity index (χ1) is 5.20. The van der Waals surface area contributed by atoms with Crippen LogP contribution in [0.3, 0.4) is 0 Å². The van der Waals surface area contributed by atoms with Crippen LogP contribution in [0.15, 0.2) is 25.4 Å². The standard InChI is InChI=1S/C8H14O3/c1-5-9-7(3)11-8(4)10-6-2/h5,7H,1,4,6H2,2-3H3. The largest absolute Gasteiger partial charge is 0.466 e. The van der Waals surface area contributed by atoms with Gasteiger partial charge in [-0.1, -0.05) is 6.58 Å². The highest BCUT2D eigenvalue weighted by molar-refractivity contribution is 4.68. The maximum absolute atomic E-state index is 5.02. The van der Waals surface area contributed by atoms with Crippen molar-refractivity contribution >= 4 is 0 Å². The van der Waals surface area contributed by atoms with Gasteiger partial charge in [-0.2, -0.15) is 0 Å². The molecule has 0 rings (SSSR count). The zero-order valence-corrected chi connectivity index (χ0v) is 7.00. The van der Waals surface area contributed by atoms with Gasteiger partial charge in [-0.25, -0.2) is 0 Å². The van der Waals surface area contributed by atoms with Crippen LogP contribution in [-0.4, -0.2) is 12.9 Å². The second-order valence-electron chi connectivity index (χ2n) is 1.79. The Morgan fingerprint density at radius 2 is 2.27 bits per heavy atom. The van der Waals surface area contributed by atoms with Crippen LogP contribution >= 0.6 is 0 Å². The number of hydrogen-bond acceptors (Lipinski definition) is 3. The fourth-order valence-electron chi connectivity index (χ4n) is 0.543. The van der Waals surface area contributed by atoms with Gasteiger partial charge in [0.2, 0.25) is 6.29 Å². The van der Waals surface area contributed by atoms with Crippen molar-refractivity contribution in [3.05, 3.63) is 25.4 Å². The third kappa shape index (κ3) is 5.33. The Morgan fingerprint density at radius 3 is 2.73 bits per heavy atom. The summed E-state index contributed by atoms with van der Waals surface area (Å²) in [6, 6.07) is 0. The normalized spacial score (nSPS) is 11.5. The molecule has 64 valence electrons. The quantitative estimate of drug-likeness (QED) is 0.437. The Bertz CT molecular complexity index is 131. The van der Waals surface area contributed by atoms with E-state index in [0.29, 0.717) is 6.61 Å². The van der Waals surface area contributed by atoms with E-state index < -0.39 is 6.29 Å². The van der Waals surface area contributed by atoms with E-state index in [1.807, 2.05) is 6.92 Å². The lowest BCUT2D eigenvalue weighted by molar-refractivity contribution is -0.106. The summed E-state index contributed by atoms with van der Waals surface area (Å²) in [6.45, 7) is 11.0. The summed E-state index contributed by atoms with van der Waals surface area (Å²) >= 11 is 0. The first kappa shape index (κ1) is 9.88. The molecule has 0 radical (unpaired) electrons. The predicted octanol–water partition coefficient (Wildman–Crippen LogP) is 2.02. The predicted molar refractivity (Wildman–Crippen MR) is 42.6 cm³/mol. The summed E-state index contributed by atoms with van der Waals surface area (Å²) < 4.78 is 14.8. The van der Waals surface area contributed by atoms with Crippen molar-refractivity contribution in [3.8, 4) is 0 Å². The minimum absolute atomic E-state index is 0.266. The summed E-state index contributed by atoms with van der Waals surface area (Å²) in [6.07, 6.45) is 0.913. The van der Waals surface area contributed by atoms with Gasteiger partial charge >= 0.3 is 0 Å². The van der Waals surface area contributed by atoms with E-state index in [0.717, 1.165) is 0 Å². The molecule has 3 heteroatoms. The van der Waals surface area contributed by atoms with Crippen LogP contribution in [0.4, 0.5) is 0 Å². The van der Waals surface area contributed by atoms with Crippen molar-refractivity contribution in [2.75, 3.05) is 6.61 Å². The summed E-state index contributed by atoms with van der Waals surface area (Å²) in [5.74, 6) is 0.266. The average Bonchev–Trinajstić information content (AvgIpc) is 1.87. The highest BCUT2D eigenvalue weighted by Gasteiger charge is 2.01. The van der Waals surface area contributed by atoms with Crippen molar-refractivity contribution < 1.29 is 14.2 Å². The number of rotatable bonds is 6. The van der Waals surface area contributed by atoms with Crippen LogP contribution in [0.5, 0.6) is 0 Å². The zero-order chi connectivity index (χ0) is 8.69. The molecule has 0 amide bonds. The maximum Gasteiger partial charge on any atom is 0.274 e. The molecule has 0 aliphatic heterocycles. The van der Waals surface area contributed by atoms with Gasteiger partial charge in [0.1, 0.15) is 0 Å². The third-order valence-corrected chi connectivity index (χ3v) is 0.891. The summed E-state index contributed by atoms with van der Waals surface area (Å²) in [7, 11) is 0. The van der Waals surface area contributed by atoms with Crippen LogP contribution < -0.4 is 0 Å². The molecule has 0 aromatic carbocycles. The van der Waals surface area contributed by atoms with Crippen LogP contribution in [0.2, 0.25) is 0 Å². The van der Waals surface area contributed by atoms with Crippen LogP contribution in [0, 0.1) is 0 Å². The lowest BCUT2D eigenvalue weighted by atomic mass is 10.7. The summed E-state index contributed by atoms with van der Waals surface area (Å²) in [5.41, 5.74) is 0. The van der Waals surface area contributed by atoms with Crippen molar-refractivity contribution in [1.29, 1.82) is 0 Å². The van der Waals surface area contributed by atoms with Crippen LogP contribution in [0.1, 0.15) is 13.8 Å². The molecule has 0 spiro atoms. The van der Waals surface area contributed by atoms with E-state index in [-0.39, 0.29) is 5.95 Å². The van der Waals surface area contributed by atoms with Gasteiger partial charge in [0.25, 0.3) is 5.95 Å². The van der Waals surface area contributed by atoms with Crippen molar-refractivity contribution in [2.45, 2.75) is 20.1 Å². The molecule has 0 saturated carbocycles. The topological polar surface area (TPSA) is 27.7 Å². The van der Waals surface area contributed by atoms with E-state index in [1.165, 1.54) is 6.26 Å². The van der Waals surface area contributed by atoms with Crippen molar-refractivity contribution in [1.82, 2.24) is 0 Å². The van der Waals surface area contributed by atoms with Gasteiger partial charge in [-0.3, -0.25) is 0 Å².